The van der Waals surface area contributed by atoms with E-state index in [1.807, 2.05) is 0 Å². The van der Waals surface area contributed by atoms with Crippen molar-refractivity contribution < 1.29 is 0 Å². The predicted molar refractivity (Wildman–Crippen MR) is 59.4 cm³/mol. The second kappa shape index (κ2) is 4.05. The van der Waals surface area contributed by atoms with Crippen LogP contribution < -0.4 is 0 Å². The van der Waals surface area contributed by atoms with Gasteiger partial charge in [-0.15, -0.1) is 0 Å². The molecule has 68 valence electrons. The molecule has 0 radical (unpaired) electrons. The second-order valence-corrected chi connectivity index (χ2v) is 4.27. The van der Waals surface area contributed by atoms with E-state index in [9.17, 15) is 0 Å². The van der Waals surface area contributed by atoms with Gasteiger partial charge in [0.1, 0.15) is 0 Å². The maximum atomic E-state index is 4.46. The zero-order valence-corrected chi connectivity index (χ0v) is 9.05. The molecule has 1 aliphatic rings. The van der Waals surface area contributed by atoms with Crippen molar-refractivity contribution in [3.05, 3.63) is 34.3 Å². The van der Waals surface area contributed by atoms with Gasteiger partial charge in [0.05, 0.1) is 0 Å². The first-order valence-corrected chi connectivity index (χ1v) is 5.40. The van der Waals surface area contributed by atoms with Gasteiger partial charge in [0.15, 0.2) is 0 Å². The summed E-state index contributed by atoms with van der Waals surface area (Å²) in [6.45, 7) is 1.03. The first-order valence-electron chi connectivity index (χ1n) is 4.61. The van der Waals surface area contributed by atoms with Gasteiger partial charge >= 0.3 is 0 Å². The maximum Gasteiger partial charge on any atom is 0.0392 e. The highest BCUT2D eigenvalue weighted by Crippen LogP contribution is 2.14. The van der Waals surface area contributed by atoms with Crippen LogP contribution >= 0.6 is 15.9 Å². The van der Waals surface area contributed by atoms with Crippen molar-refractivity contribution in [2.24, 2.45) is 4.99 Å². The summed E-state index contributed by atoms with van der Waals surface area (Å²) >= 11 is 3.43. The molecule has 1 aromatic rings. The molecule has 2 heteroatoms. The molecule has 0 saturated heterocycles. The van der Waals surface area contributed by atoms with Gasteiger partial charge in [0.2, 0.25) is 0 Å². The Morgan fingerprint density at radius 3 is 2.62 bits per heavy atom. The van der Waals surface area contributed by atoms with Crippen LogP contribution in [0.15, 0.2) is 33.7 Å². The van der Waals surface area contributed by atoms with Crippen LogP contribution in [0.1, 0.15) is 18.4 Å². The Labute approximate surface area is 87.0 Å². The zero-order valence-electron chi connectivity index (χ0n) is 7.46. The van der Waals surface area contributed by atoms with Crippen molar-refractivity contribution in [3.63, 3.8) is 0 Å². The third kappa shape index (κ3) is 2.41. The fourth-order valence-corrected chi connectivity index (χ4v) is 1.85. The summed E-state index contributed by atoms with van der Waals surface area (Å²) < 4.78 is 1.14. The van der Waals surface area contributed by atoms with Crippen LogP contribution in [0.5, 0.6) is 0 Å². The molecule has 0 atom stereocenters. The number of rotatable bonds is 2. The van der Waals surface area contributed by atoms with Gasteiger partial charge in [0.25, 0.3) is 0 Å². The molecule has 0 N–H and O–H groups in total. The quantitative estimate of drug-likeness (QED) is 0.750. The topological polar surface area (TPSA) is 12.4 Å². The summed E-state index contributed by atoms with van der Waals surface area (Å²) in [5, 5.41) is 0. The van der Waals surface area contributed by atoms with Crippen molar-refractivity contribution >= 4 is 21.6 Å². The molecule has 1 aliphatic heterocycles. The smallest absolute Gasteiger partial charge is 0.0392 e. The minimum absolute atomic E-state index is 1.03. The molecule has 0 saturated carbocycles. The fourth-order valence-electron chi connectivity index (χ4n) is 1.58. The van der Waals surface area contributed by atoms with Crippen molar-refractivity contribution in [2.75, 3.05) is 6.54 Å². The fraction of sp³-hybridized carbons (Fsp3) is 0.364. The number of halogens is 1. The van der Waals surface area contributed by atoms with E-state index in [2.05, 4.69) is 45.2 Å². The third-order valence-electron chi connectivity index (χ3n) is 2.28. The van der Waals surface area contributed by atoms with Crippen molar-refractivity contribution in [3.8, 4) is 0 Å². The summed E-state index contributed by atoms with van der Waals surface area (Å²) in [7, 11) is 0. The van der Waals surface area contributed by atoms with Crippen LogP contribution in [0, 0.1) is 0 Å². The lowest BCUT2D eigenvalue weighted by Crippen LogP contribution is -1.98. The number of benzene rings is 1. The lowest BCUT2D eigenvalue weighted by atomic mass is 10.1. The Balaban J connectivity index is 2.05. The highest BCUT2D eigenvalue weighted by atomic mass is 79.9. The molecular weight excluding hydrogens is 226 g/mol. The summed E-state index contributed by atoms with van der Waals surface area (Å²) in [6, 6.07) is 8.49. The molecule has 13 heavy (non-hydrogen) atoms. The standard InChI is InChI=1S/C11H12BrN/c12-10-5-3-9(4-6-10)8-11-2-1-7-13-11/h3-6H,1-2,7-8H2. The number of aliphatic imine (C=N–C) groups is 1. The molecule has 0 aromatic heterocycles. The number of hydrogen-bond donors (Lipinski definition) is 0. The molecule has 1 aromatic carbocycles. The van der Waals surface area contributed by atoms with Crippen LogP contribution in [0.25, 0.3) is 0 Å². The van der Waals surface area contributed by atoms with E-state index in [1.54, 1.807) is 0 Å². The summed E-state index contributed by atoms with van der Waals surface area (Å²) in [5.41, 5.74) is 2.73. The van der Waals surface area contributed by atoms with Gasteiger partial charge < -0.3 is 0 Å². The van der Waals surface area contributed by atoms with E-state index >= 15 is 0 Å². The molecule has 2 rings (SSSR count). The predicted octanol–water partition coefficient (Wildman–Crippen LogP) is 3.23. The molecule has 0 bridgehead atoms. The first-order chi connectivity index (χ1) is 6.34. The molecule has 0 spiro atoms. The highest BCUT2D eigenvalue weighted by molar-refractivity contribution is 9.10. The minimum atomic E-state index is 1.03. The van der Waals surface area contributed by atoms with Gasteiger partial charge in [-0.25, -0.2) is 0 Å². The van der Waals surface area contributed by atoms with Crippen molar-refractivity contribution in [1.29, 1.82) is 0 Å². The van der Waals surface area contributed by atoms with Crippen LogP contribution in [-0.2, 0) is 6.42 Å². The van der Waals surface area contributed by atoms with E-state index in [4.69, 9.17) is 0 Å². The van der Waals surface area contributed by atoms with Crippen LogP contribution in [0.4, 0.5) is 0 Å². The largest absolute Gasteiger partial charge is 0.294 e. The van der Waals surface area contributed by atoms with E-state index in [0.717, 1.165) is 17.4 Å². The SMILES string of the molecule is Brc1ccc(CC2=NCCC2)cc1. The molecule has 0 fully saturated rings. The van der Waals surface area contributed by atoms with Crippen LogP contribution in [-0.4, -0.2) is 12.3 Å². The van der Waals surface area contributed by atoms with Gasteiger partial charge in [-0.3, -0.25) is 4.99 Å². The molecule has 0 amide bonds. The van der Waals surface area contributed by atoms with Crippen molar-refractivity contribution in [1.82, 2.24) is 0 Å². The van der Waals surface area contributed by atoms with E-state index in [1.165, 1.54) is 24.1 Å². The van der Waals surface area contributed by atoms with E-state index in [0.29, 0.717) is 0 Å². The Bertz CT molecular complexity index is 313. The summed E-state index contributed by atoms with van der Waals surface area (Å²) in [6.07, 6.45) is 3.47. The molecule has 0 unspecified atom stereocenters. The van der Waals surface area contributed by atoms with Crippen molar-refractivity contribution in [2.45, 2.75) is 19.3 Å². The monoisotopic (exact) mass is 237 g/mol. The van der Waals surface area contributed by atoms with Crippen LogP contribution in [0.2, 0.25) is 0 Å². The van der Waals surface area contributed by atoms with E-state index in [-0.39, 0.29) is 0 Å². The number of hydrogen-bond acceptors (Lipinski definition) is 1. The Kier molecular flexibility index (Phi) is 2.79. The first kappa shape index (κ1) is 8.95. The average molecular weight is 238 g/mol. The van der Waals surface area contributed by atoms with E-state index < -0.39 is 0 Å². The normalized spacial score (nSPS) is 15.9. The number of nitrogens with zero attached hydrogens (tertiary/aromatic N) is 1. The molecular formula is C11H12BrN. The van der Waals surface area contributed by atoms with Gasteiger partial charge in [-0.05, 0) is 30.5 Å². The lowest BCUT2D eigenvalue weighted by molar-refractivity contribution is 0.949. The van der Waals surface area contributed by atoms with Gasteiger partial charge in [-0.1, -0.05) is 28.1 Å². The molecule has 1 nitrogen and oxygen atoms in total. The van der Waals surface area contributed by atoms with Gasteiger partial charge in [0, 0.05) is 23.1 Å². The third-order valence-corrected chi connectivity index (χ3v) is 2.81. The average Bonchev–Trinajstić information content (AvgIpc) is 2.62. The Morgan fingerprint density at radius 2 is 2.00 bits per heavy atom. The summed E-state index contributed by atoms with van der Waals surface area (Å²) in [5.74, 6) is 0. The zero-order chi connectivity index (χ0) is 9.10. The Morgan fingerprint density at radius 1 is 1.23 bits per heavy atom. The maximum absolute atomic E-state index is 4.46. The lowest BCUT2D eigenvalue weighted by Gasteiger charge is -2.00. The van der Waals surface area contributed by atoms with Crippen LogP contribution in [0.3, 0.4) is 0 Å². The minimum Gasteiger partial charge on any atom is -0.294 e. The molecule has 0 aliphatic carbocycles. The second-order valence-electron chi connectivity index (χ2n) is 3.35. The molecule has 1 heterocycles. The summed E-state index contributed by atoms with van der Waals surface area (Å²) in [4.78, 5) is 4.46. The Hall–Kier alpha value is -0.630. The highest BCUT2D eigenvalue weighted by Gasteiger charge is 2.06. The van der Waals surface area contributed by atoms with Gasteiger partial charge in [-0.2, -0.15) is 0 Å².